The molecule has 0 fully saturated rings. The van der Waals surface area contributed by atoms with Crippen molar-refractivity contribution in [2.24, 2.45) is 0 Å². The number of nitrogens with zero attached hydrogens (tertiary/aromatic N) is 2. The van der Waals surface area contributed by atoms with Crippen molar-refractivity contribution >= 4 is 17.5 Å². The maximum absolute atomic E-state index is 6.13. The molecule has 0 aliphatic heterocycles. The van der Waals surface area contributed by atoms with Crippen LogP contribution < -0.4 is 10.1 Å². The Morgan fingerprint density at radius 2 is 2.21 bits per heavy atom. The summed E-state index contributed by atoms with van der Waals surface area (Å²) in [6.07, 6.45) is 3.60. The molecular formula is C13H16ClN3O2. The van der Waals surface area contributed by atoms with E-state index in [1.807, 2.05) is 29.0 Å². The smallest absolute Gasteiger partial charge is 0.207 e. The van der Waals surface area contributed by atoms with Gasteiger partial charge in [-0.25, -0.2) is 4.98 Å². The van der Waals surface area contributed by atoms with Crippen molar-refractivity contribution in [2.75, 3.05) is 32.7 Å². The first-order chi connectivity index (χ1) is 9.26. The minimum Gasteiger partial charge on any atom is -0.495 e. The highest BCUT2D eigenvalue weighted by molar-refractivity contribution is 6.32. The number of nitrogens with one attached hydrogen (secondary N) is 1. The Morgan fingerprint density at radius 1 is 1.37 bits per heavy atom. The van der Waals surface area contributed by atoms with Gasteiger partial charge < -0.3 is 14.8 Å². The van der Waals surface area contributed by atoms with Gasteiger partial charge in [0.2, 0.25) is 5.95 Å². The van der Waals surface area contributed by atoms with Crippen molar-refractivity contribution in [3.05, 3.63) is 35.6 Å². The van der Waals surface area contributed by atoms with Crippen LogP contribution in [0.3, 0.4) is 0 Å². The maximum Gasteiger partial charge on any atom is 0.207 e. The van der Waals surface area contributed by atoms with Crippen molar-refractivity contribution in [2.45, 2.75) is 0 Å². The molecule has 0 spiro atoms. The summed E-state index contributed by atoms with van der Waals surface area (Å²) < 4.78 is 12.1. The molecule has 0 aliphatic carbocycles. The summed E-state index contributed by atoms with van der Waals surface area (Å²) in [5, 5.41) is 3.76. The number of benzene rings is 1. The molecule has 1 heterocycles. The van der Waals surface area contributed by atoms with Crippen LogP contribution in [0.15, 0.2) is 30.6 Å². The molecule has 1 aromatic heterocycles. The van der Waals surface area contributed by atoms with E-state index in [9.17, 15) is 0 Å². The Balaban J connectivity index is 2.22. The van der Waals surface area contributed by atoms with Crippen molar-refractivity contribution in [3.63, 3.8) is 0 Å². The van der Waals surface area contributed by atoms with E-state index in [1.54, 1.807) is 20.4 Å². The van der Waals surface area contributed by atoms with Crippen molar-refractivity contribution in [1.29, 1.82) is 0 Å². The zero-order valence-electron chi connectivity index (χ0n) is 10.9. The molecule has 0 atom stereocenters. The van der Waals surface area contributed by atoms with Gasteiger partial charge in [0.1, 0.15) is 5.75 Å². The highest BCUT2D eigenvalue weighted by atomic mass is 35.5. The molecule has 2 rings (SSSR count). The van der Waals surface area contributed by atoms with Crippen molar-refractivity contribution in [3.8, 4) is 11.4 Å². The second-order valence-electron chi connectivity index (χ2n) is 3.86. The van der Waals surface area contributed by atoms with Gasteiger partial charge in [-0.1, -0.05) is 11.6 Å². The van der Waals surface area contributed by atoms with Crippen LogP contribution in [-0.4, -0.2) is 36.9 Å². The van der Waals surface area contributed by atoms with Gasteiger partial charge in [-0.15, -0.1) is 0 Å². The second kappa shape index (κ2) is 6.45. The largest absolute Gasteiger partial charge is 0.495 e. The van der Waals surface area contributed by atoms with Crippen molar-refractivity contribution < 1.29 is 9.47 Å². The monoisotopic (exact) mass is 281 g/mol. The summed E-state index contributed by atoms with van der Waals surface area (Å²) in [7, 11) is 3.26. The highest BCUT2D eigenvalue weighted by Crippen LogP contribution is 2.27. The van der Waals surface area contributed by atoms with Crippen molar-refractivity contribution in [1.82, 2.24) is 9.55 Å². The third kappa shape index (κ3) is 3.19. The van der Waals surface area contributed by atoms with Gasteiger partial charge in [0.15, 0.2) is 0 Å². The predicted molar refractivity (Wildman–Crippen MR) is 75.5 cm³/mol. The van der Waals surface area contributed by atoms with E-state index in [-0.39, 0.29) is 0 Å². The van der Waals surface area contributed by atoms with E-state index in [0.29, 0.717) is 23.9 Å². The summed E-state index contributed by atoms with van der Waals surface area (Å²) in [5.74, 6) is 1.40. The van der Waals surface area contributed by atoms with Gasteiger partial charge in [0.05, 0.1) is 24.4 Å². The average molecular weight is 282 g/mol. The molecule has 1 N–H and O–H groups in total. The Labute approximate surface area is 117 Å². The standard InChI is InChI=1S/C13H16ClN3O2/c1-18-8-6-16-13-15-5-7-17(13)10-3-4-12(19-2)11(14)9-10/h3-5,7,9H,6,8H2,1-2H3,(H,15,16). The molecule has 0 aliphatic rings. The first kappa shape index (κ1) is 13.7. The fraction of sp³-hybridized carbons (Fsp3) is 0.308. The molecule has 0 bridgehead atoms. The molecule has 6 heteroatoms. The van der Waals surface area contributed by atoms with Crippen LogP contribution in [0, 0.1) is 0 Å². The van der Waals surface area contributed by atoms with E-state index in [1.165, 1.54) is 0 Å². The quantitative estimate of drug-likeness (QED) is 0.827. The lowest BCUT2D eigenvalue weighted by atomic mass is 10.3. The normalized spacial score (nSPS) is 10.5. The Bertz CT molecular complexity index is 542. The highest BCUT2D eigenvalue weighted by Gasteiger charge is 2.07. The molecule has 5 nitrogen and oxygen atoms in total. The lowest BCUT2D eigenvalue weighted by Gasteiger charge is -2.11. The fourth-order valence-corrected chi connectivity index (χ4v) is 1.96. The Kier molecular flexibility index (Phi) is 4.65. The lowest BCUT2D eigenvalue weighted by molar-refractivity contribution is 0.210. The van der Waals surface area contributed by atoms with E-state index in [2.05, 4.69) is 10.3 Å². The van der Waals surface area contributed by atoms with Gasteiger partial charge >= 0.3 is 0 Å². The summed E-state index contributed by atoms with van der Waals surface area (Å²) >= 11 is 6.13. The second-order valence-corrected chi connectivity index (χ2v) is 4.27. The number of hydrogen-bond donors (Lipinski definition) is 1. The predicted octanol–water partition coefficient (Wildman–Crippen LogP) is 2.59. The third-order valence-electron chi connectivity index (χ3n) is 2.64. The van der Waals surface area contributed by atoms with Crippen LogP contribution in [0.1, 0.15) is 0 Å². The number of methoxy groups -OCH3 is 2. The van der Waals surface area contributed by atoms with Gasteiger partial charge in [-0.05, 0) is 18.2 Å². The minimum atomic E-state index is 0.566. The number of ether oxygens (including phenoxy) is 2. The number of imidazole rings is 1. The molecule has 0 saturated heterocycles. The molecule has 0 radical (unpaired) electrons. The van der Waals surface area contributed by atoms with Crippen LogP contribution in [0.4, 0.5) is 5.95 Å². The van der Waals surface area contributed by atoms with E-state index in [0.717, 1.165) is 11.6 Å². The lowest BCUT2D eigenvalue weighted by Crippen LogP contribution is -2.11. The van der Waals surface area contributed by atoms with Crippen LogP contribution in [0.5, 0.6) is 5.75 Å². The van der Waals surface area contributed by atoms with E-state index >= 15 is 0 Å². The molecule has 0 amide bonds. The summed E-state index contributed by atoms with van der Waals surface area (Å²) in [5.41, 5.74) is 0.920. The van der Waals surface area contributed by atoms with Gasteiger partial charge in [-0.2, -0.15) is 0 Å². The summed E-state index contributed by atoms with van der Waals surface area (Å²) in [6, 6.07) is 5.59. The first-order valence-corrected chi connectivity index (χ1v) is 6.24. The number of anilines is 1. The zero-order chi connectivity index (χ0) is 13.7. The molecule has 102 valence electrons. The van der Waals surface area contributed by atoms with Crippen LogP contribution in [-0.2, 0) is 4.74 Å². The number of hydrogen-bond acceptors (Lipinski definition) is 4. The Morgan fingerprint density at radius 3 is 2.89 bits per heavy atom. The molecule has 0 saturated carbocycles. The number of aromatic nitrogens is 2. The third-order valence-corrected chi connectivity index (χ3v) is 2.94. The average Bonchev–Trinajstić information content (AvgIpc) is 2.87. The SMILES string of the molecule is COCCNc1nccn1-c1ccc(OC)c(Cl)c1. The molecular weight excluding hydrogens is 266 g/mol. The number of halogens is 1. The van der Waals surface area contributed by atoms with Crippen LogP contribution >= 0.6 is 11.6 Å². The molecule has 2 aromatic rings. The van der Waals surface area contributed by atoms with E-state index in [4.69, 9.17) is 21.1 Å². The van der Waals surface area contributed by atoms with Crippen LogP contribution in [0.25, 0.3) is 5.69 Å². The Hall–Kier alpha value is -1.72. The minimum absolute atomic E-state index is 0.566. The first-order valence-electron chi connectivity index (χ1n) is 5.86. The zero-order valence-corrected chi connectivity index (χ0v) is 11.6. The van der Waals surface area contributed by atoms with Gasteiger partial charge in [-0.3, -0.25) is 4.57 Å². The molecule has 0 unspecified atom stereocenters. The maximum atomic E-state index is 6.13. The van der Waals surface area contributed by atoms with Crippen LogP contribution in [0.2, 0.25) is 5.02 Å². The van der Waals surface area contributed by atoms with Gasteiger partial charge in [0, 0.05) is 26.0 Å². The summed E-state index contributed by atoms with van der Waals surface area (Å²) in [6.45, 7) is 1.31. The van der Waals surface area contributed by atoms with E-state index < -0.39 is 0 Å². The fourth-order valence-electron chi connectivity index (χ4n) is 1.71. The van der Waals surface area contributed by atoms with Gasteiger partial charge in [0.25, 0.3) is 0 Å². The number of rotatable bonds is 6. The molecule has 19 heavy (non-hydrogen) atoms. The molecule has 1 aromatic carbocycles. The summed E-state index contributed by atoms with van der Waals surface area (Å²) in [4.78, 5) is 4.26. The topological polar surface area (TPSA) is 48.3 Å².